The van der Waals surface area contributed by atoms with E-state index < -0.39 is 0 Å². The van der Waals surface area contributed by atoms with E-state index in [2.05, 4.69) is 86.1 Å². The molecule has 0 saturated heterocycles. The first-order valence-corrected chi connectivity index (χ1v) is 12.0. The van der Waals surface area contributed by atoms with Crippen LogP contribution < -0.4 is 5.32 Å². The molecule has 0 fully saturated rings. The van der Waals surface area contributed by atoms with Crippen molar-refractivity contribution < 1.29 is 0 Å². The average molecular weight is 458 g/mol. The lowest BCUT2D eigenvalue weighted by molar-refractivity contribution is 0.478. The molecule has 2 aromatic heterocycles. The van der Waals surface area contributed by atoms with Gasteiger partial charge >= 0.3 is 0 Å². The Hall–Kier alpha value is -4.20. The SMILES string of the molecule is C=CNC(C(=C=C(c1ccccc1)c1ccccn1)C(c1ccccc1)c1ccccn1)C(C)C. The molecule has 2 heterocycles. The maximum Gasteiger partial charge on any atom is 0.0785 e. The van der Waals surface area contributed by atoms with Crippen LogP contribution in [-0.2, 0) is 0 Å². The summed E-state index contributed by atoms with van der Waals surface area (Å²) in [7, 11) is 0. The van der Waals surface area contributed by atoms with E-state index in [-0.39, 0.29) is 17.9 Å². The zero-order valence-electron chi connectivity index (χ0n) is 20.3. The predicted molar refractivity (Wildman–Crippen MR) is 145 cm³/mol. The van der Waals surface area contributed by atoms with Crippen LogP contribution >= 0.6 is 0 Å². The van der Waals surface area contributed by atoms with Crippen LogP contribution in [0.2, 0.25) is 0 Å². The highest BCUT2D eigenvalue weighted by molar-refractivity contribution is 5.78. The third kappa shape index (κ3) is 5.84. The van der Waals surface area contributed by atoms with E-state index in [9.17, 15) is 0 Å². The van der Waals surface area contributed by atoms with E-state index in [4.69, 9.17) is 9.97 Å². The predicted octanol–water partition coefficient (Wildman–Crippen LogP) is 7.02. The highest BCUT2D eigenvalue weighted by atomic mass is 14.9. The molecule has 0 bridgehead atoms. The first kappa shape index (κ1) is 23.9. The van der Waals surface area contributed by atoms with E-state index in [1.165, 1.54) is 5.56 Å². The zero-order chi connectivity index (χ0) is 24.5. The number of nitrogens with one attached hydrogen (secondary N) is 1. The second-order valence-corrected chi connectivity index (χ2v) is 8.73. The van der Waals surface area contributed by atoms with Crippen LogP contribution in [0.3, 0.4) is 0 Å². The normalized spacial score (nSPS) is 12.3. The van der Waals surface area contributed by atoms with Crippen molar-refractivity contribution in [3.63, 3.8) is 0 Å². The maximum absolute atomic E-state index is 4.79. The Morgan fingerprint density at radius 1 is 0.800 bits per heavy atom. The molecule has 2 atom stereocenters. The Morgan fingerprint density at radius 2 is 1.43 bits per heavy atom. The topological polar surface area (TPSA) is 37.8 Å². The van der Waals surface area contributed by atoms with Crippen LogP contribution in [-0.4, -0.2) is 16.0 Å². The summed E-state index contributed by atoms with van der Waals surface area (Å²) >= 11 is 0. The van der Waals surface area contributed by atoms with Gasteiger partial charge in [0, 0.05) is 23.5 Å². The van der Waals surface area contributed by atoms with Crippen LogP contribution in [0, 0.1) is 5.92 Å². The van der Waals surface area contributed by atoms with Crippen molar-refractivity contribution in [1.29, 1.82) is 0 Å². The summed E-state index contributed by atoms with van der Waals surface area (Å²) in [5, 5.41) is 3.51. The summed E-state index contributed by atoms with van der Waals surface area (Å²) in [5.74, 6) is 0.186. The highest BCUT2D eigenvalue weighted by Crippen LogP contribution is 2.35. The van der Waals surface area contributed by atoms with Gasteiger partial charge in [0.15, 0.2) is 0 Å². The van der Waals surface area contributed by atoms with E-state index in [0.29, 0.717) is 0 Å². The molecule has 0 amide bonds. The molecular formula is C32H31N3. The Kier molecular flexibility index (Phi) is 8.06. The number of nitrogens with zero attached hydrogens (tertiary/aromatic N) is 2. The Balaban J connectivity index is 2.10. The quantitative estimate of drug-likeness (QED) is 0.274. The monoisotopic (exact) mass is 457 g/mol. The fraction of sp³-hybridized carbons (Fsp3) is 0.156. The lowest BCUT2D eigenvalue weighted by atomic mass is 9.80. The summed E-state index contributed by atoms with van der Waals surface area (Å²) in [6.07, 6.45) is 5.46. The van der Waals surface area contributed by atoms with E-state index in [0.717, 1.165) is 28.1 Å². The van der Waals surface area contributed by atoms with E-state index in [1.807, 2.05) is 54.9 Å². The first-order valence-electron chi connectivity index (χ1n) is 12.0. The molecule has 3 heteroatoms. The van der Waals surface area contributed by atoms with Crippen LogP contribution in [0.5, 0.6) is 0 Å². The standard InChI is InChI=1S/C32H31N3/c1-4-33-32(24(2)3)28(31(26-17-9-6-10-18-26)30-20-12-14-22-35-30)23-27(25-15-7-5-8-16-25)29-19-11-13-21-34-29/h4-22,24,31-33H,1H2,2-3H3. The molecular weight excluding hydrogens is 426 g/mol. The molecule has 3 nitrogen and oxygen atoms in total. The summed E-state index contributed by atoms with van der Waals surface area (Å²) in [6.45, 7) is 8.41. The van der Waals surface area contributed by atoms with E-state index in [1.54, 1.807) is 6.20 Å². The van der Waals surface area contributed by atoms with Crippen LogP contribution in [0.4, 0.5) is 0 Å². The van der Waals surface area contributed by atoms with Crippen molar-refractivity contribution in [3.8, 4) is 0 Å². The van der Waals surface area contributed by atoms with Crippen molar-refractivity contribution in [2.24, 2.45) is 5.92 Å². The second-order valence-electron chi connectivity index (χ2n) is 8.73. The van der Waals surface area contributed by atoms with Gasteiger partial charge in [0.05, 0.1) is 23.3 Å². The number of hydrogen-bond donors (Lipinski definition) is 1. The molecule has 4 rings (SSSR count). The smallest absolute Gasteiger partial charge is 0.0785 e. The fourth-order valence-corrected chi connectivity index (χ4v) is 4.34. The number of rotatable bonds is 9. The van der Waals surface area contributed by atoms with Gasteiger partial charge in [-0.2, -0.15) is 0 Å². The van der Waals surface area contributed by atoms with E-state index >= 15 is 0 Å². The largest absolute Gasteiger partial charge is 0.384 e. The molecule has 0 aliphatic heterocycles. The Bertz CT molecular complexity index is 1190. The molecule has 35 heavy (non-hydrogen) atoms. The van der Waals surface area contributed by atoms with Gasteiger partial charge in [-0.15, -0.1) is 5.73 Å². The molecule has 174 valence electrons. The third-order valence-corrected chi connectivity index (χ3v) is 5.98. The van der Waals surface area contributed by atoms with Crippen molar-refractivity contribution in [1.82, 2.24) is 15.3 Å². The van der Waals surface area contributed by atoms with Gasteiger partial charge in [-0.05, 0) is 47.5 Å². The molecule has 2 unspecified atom stereocenters. The number of aromatic nitrogens is 2. The lowest BCUT2D eigenvalue weighted by Gasteiger charge is -2.29. The number of hydrogen-bond acceptors (Lipinski definition) is 3. The van der Waals surface area contributed by atoms with Crippen molar-refractivity contribution in [2.75, 3.05) is 0 Å². The molecule has 2 aromatic carbocycles. The van der Waals surface area contributed by atoms with Crippen LogP contribution in [0.15, 0.2) is 134 Å². The highest BCUT2D eigenvalue weighted by Gasteiger charge is 2.29. The number of pyridine rings is 2. The van der Waals surface area contributed by atoms with Gasteiger partial charge in [-0.3, -0.25) is 9.97 Å². The molecule has 0 aliphatic carbocycles. The molecule has 0 aliphatic rings. The molecule has 0 saturated carbocycles. The molecule has 0 spiro atoms. The van der Waals surface area contributed by atoms with Gasteiger partial charge < -0.3 is 5.32 Å². The Morgan fingerprint density at radius 3 is 2.00 bits per heavy atom. The summed E-state index contributed by atoms with van der Waals surface area (Å²) in [4.78, 5) is 9.49. The van der Waals surface area contributed by atoms with Crippen LogP contribution in [0.1, 0.15) is 42.3 Å². The fourth-order valence-electron chi connectivity index (χ4n) is 4.34. The summed E-state index contributed by atoms with van der Waals surface area (Å²) in [5.41, 5.74) is 10.0. The van der Waals surface area contributed by atoms with Gasteiger partial charge in [0.1, 0.15) is 0 Å². The van der Waals surface area contributed by atoms with Crippen molar-refractivity contribution in [2.45, 2.75) is 25.8 Å². The Labute approximate surface area is 208 Å². The van der Waals surface area contributed by atoms with Crippen molar-refractivity contribution in [3.05, 3.63) is 156 Å². The van der Waals surface area contributed by atoms with Gasteiger partial charge in [-0.1, -0.05) is 93.2 Å². The lowest BCUT2D eigenvalue weighted by Crippen LogP contribution is -2.34. The van der Waals surface area contributed by atoms with Crippen LogP contribution in [0.25, 0.3) is 5.57 Å². The molecule has 4 aromatic rings. The minimum atomic E-state index is -0.0975. The summed E-state index contributed by atoms with van der Waals surface area (Å²) in [6, 6.07) is 32.9. The van der Waals surface area contributed by atoms with Gasteiger partial charge in [0.2, 0.25) is 0 Å². The van der Waals surface area contributed by atoms with Gasteiger partial charge in [0.25, 0.3) is 0 Å². The third-order valence-electron chi connectivity index (χ3n) is 5.98. The zero-order valence-corrected chi connectivity index (χ0v) is 20.3. The summed E-state index contributed by atoms with van der Waals surface area (Å²) < 4.78 is 0. The average Bonchev–Trinajstić information content (AvgIpc) is 2.92. The van der Waals surface area contributed by atoms with Gasteiger partial charge in [-0.25, -0.2) is 0 Å². The molecule has 1 N–H and O–H groups in total. The van der Waals surface area contributed by atoms with Crippen molar-refractivity contribution >= 4 is 5.57 Å². The second kappa shape index (κ2) is 11.8. The molecule has 0 radical (unpaired) electrons. The number of benzene rings is 2. The minimum absolute atomic E-state index is 0.0119. The first-order chi connectivity index (χ1) is 17.2. The minimum Gasteiger partial charge on any atom is -0.384 e. The maximum atomic E-state index is 4.79.